The zero-order valence-corrected chi connectivity index (χ0v) is 12.1. The number of nitrogens with zero attached hydrogens (tertiary/aromatic N) is 1. The average molecular weight is 287 g/mol. The number of aromatic nitrogens is 1. The maximum atomic E-state index is 11.8. The molecule has 0 atom stereocenters. The molecule has 20 heavy (non-hydrogen) atoms. The fourth-order valence-corrected chi connectivity index (χ4v) is 2.31. The molecule has 0 radical (unpaired) electrons. The van der Waals surface area contributed by atoms with Gasteiger partial charge in [-0.25, -0.2) is 4.98 Å². The van der Waals surface area contributed by atoms with Gasteiger partial charge in [0.15, 0.2) is 0 Å². The Morgan fingerprint density at radius 1 is 1.25 bits per heavy atom. The van der Waals surface area contributed by atoms with Crippen molar-refractivity contribution < 1.29 is 4.79 Å². The molecule has 0 aliphatic carbocycles. The molecule has 2 rings (SSSR count). The number of hydrogen-bond donors (Lipinski definition) is 2. The van der Waals surface area contributed by atoms with Crippen LogP contribution in [0.5, 0.6) is 0 Å². The van der Waals surface area contributed by atoms with Crippen molar-refractivity contribution in [2.24, 2.45) is 0 Å². The molecule has 0 unspecified atom stereocenters. The van der Waals surface area contributed by atoms with Crippen LogP contribution in [0, 0.1) is 0 Å². The normalized spacial score (nSPS) is 10.2. The molecule has 0 fully saturated rings. The summed E-state index contributed by atoms with van der Waals surface area (Å²) in [6.07, 6.45) is 2.66. The first-order valence-electron chi connectivity index (χ1n) is 6.40. The number of nitrogens with two attached hydrogens (primary N) is 1. The van der Waals surface area contributed by atoms with Gasteiger partial charge in [0.1, 0.15) is 5.82 Å². The number of nitrogen functional groups attached to an aromatic ring is 1. The molecule has 0 aliphatic heterocycles. The molecule has 1 aromatic heterocycles. The topological polar surface area (TPSA) is 68.0 Å². The predicted molar refractivity (Wildman–Crippen MR) is 83.8 cm³/mol. The number of amides is 1. The zero-order chi connectivity index (χ0) is 14.4. The number of aryl methyl sites for hydroxylation is 1. The van der Waals surface area contributed by atoms with Crippen molar-refractivity contribution in [1.82, 2.24) is 4.98 Å². The van der Waals surface area contributed by atoms with Gasteiger partial charge in [-0.1, -0.05) is 19.1 Å². The maximum absolute atomic E-state index is 11.8. The van der Waals surface area contributed by atoms with Crippen LogP contribution in [-0.4, -0.2) is 16.6 Å². The van der Waals surface area contributed by atoms with Crippen LogP contribution in [0.1, 0.15) is 12.5 Å². The Morgan fingerprint density at radius 2 is 2.00 bits per heavy atom. The first kappa shape index (κ1) is 14.4. The van der Waals surface area contributed by atoms with Gasteiger partial charge in [-0.3, -0.25) is 4.79 Å². The maximum Gasteiger partial charge on any atom is 0.234 e. The van der Waals surface area contributed by atoms with Crippen LogP contribution in [0.3, 0.4) is 0 Å². The lowest BCUT2D eigenvalue weighted by molar-refractivity contribution is -0.113. The van der Waals surface area contributed by atoms with Gasteiger partial charge in [-0.2, -0.15) is 0 Å². The van der Waals surface area contributed by atoms with Gasteiger partial charge in [-0.05, 0) is 36.2 Å². The largest absolute Gasteiger partial charge is 0.384 e. The first-order chi connectivity index (χ1) is 9.67. The van der Waals surface area contributed by atoms with Crippen LogP contribution in [0.4, 0.5) is 11.5 Å². The van der Waals surface area contributed by atoms with E-state index in [1.54, 1.807) is 12.3 Å². The highest BCUT2D eigenvalue weighted by Crippen LogP contribution is 2.18. The van der Waals surface area contributed by atoms with Gasteiger partial charge in [0.05, 0.1) is 5.75 Å². The summed E-state index contributed by atoms with van der Waals surface area (Å²) in [7, 11) is 0. The molecular formula is C15H17N3OS. The Labute approximate surface area is 122 Å². The van der Waals surface area contributed by atoms with Crippen LogP contribution in [0.2, 0.25) is 0 Å². The number of pyridine rings is 1. The summed E-state index contributed by atoms with van der Waals surface area (Å²) >= 11 is 1.43. The quantitative estimate of drug-likeness (QED) is 0.830. The number of anilines is 2. The Hall–Kier alpha value is -2.01. The highest BCUT2D eigenvalue weighted by Gasteiger charge is 2.04. The molecule has 2 aromatic rings. The van der Waals surface area contributed by atoms with Crippen molar-refractivity contribution in [3.8, 4) is 0 Å². The summed E-state index contributed by atoms with van der Waals surface area (Å²) in [5.74, 6) is 0.798. The molecule has 0 saturated heterocycles. The SMILES string of the molecule is CCc1ccc(NC(=O)CSc2ccc(N)nc2)cc1. The molecule has 0 saturated carbocycles. The fourth-order valence-electron chi connectivity index (χ4n) is 1.65. The van der Waals surface area contributed by atoms with E-state index in [0.29, 0.717) is 11.6 Å². The number of benzene rings is 1. The third-order valence-corrected chi connectivity index (χ3v) is 3.76. The molecule has 5 heteroatoms. The zero-order valence-electron chi connectivity index (χ0n) is 11.3. The molecule has 4 nitrogen and oxygen atoms in total. The van der Waals surface area contributed by atoms with Gasteiger partial charge in [0.2, 0.25) is 5.91 Å². The second-order valence-corrected chi connectivity index (χ2v) is 5.35. The van der Waals surface area contributed by atoms with Crippen LogP contribution >= 0.6 is 11.8 Å². The van der Waals surface area contributed by atoms with Gasteiger partial charge < -0.3 is 11.1 Å². The standard InChI is InChI=1S/C15H17N3OS/c1-2-11-3-5-12(6-4-11)18-15(19)10-20-13-7-8-14(16)17-9-13/h3-9H,2,10H2,1H3,(H2,16,17)(H,18,19). The molecule has 104 valence electrons. The van der Waals surface area contributed by atoms with Gasteiger partial charge >= 0.3 is 0 Å². The van der Waals surface area contributed by atoms with E-state index in [1.807, 2.05) is 30.3 Å². The van der Waals surface area contributed by atoms with E-state index in [2.05, 4.69) is 17.2 Å². The summed E-state index contributed by atoms with van der Waals surface area (Å²) in [5.41, 5.74) is 7.59. The lowest BCUT2D eigenvalue weighted by Gasteiger charge is -2.06. The van der Waals surface area contributed by atoms with Gasteiger partial charge in [-0.15, -0.1) is 11.8 Å². The van der Waals surface area contributed by atoms with Crippen molar-refractivity contribution in [2.45, 2.75) is 18.2 Å². The fraction of sp³-hybridized carbons (Fsp3) is 0.200. The number of nitrogens with one attached hydrogen (secondary N) is 1. The van der Waals surface area contributed by atoms with E-state index < -0.39 is 0 Å². The van der Waals surface area contributed by atoms with Crippen molar-refractivity contribution in [1.29, 1.82) is 0 Å². The third kappa shape index (κ3) is 4.28. The van der Waals surface area contributed by atoms with Crippen molar-refractivity contribution >= 4 is 29.2 Å². The van der Waals surface area contributed by atoms with E-state index in [-0.39, 0.29) is 5.91 Å². The smallest absolute Gasteiger partial charge is 0.234 e. The summed E-state index contributed by atoms with van der Waals surface area (Å²) in [5, 5.41) is 2.87. The molecule has 3 N–H and O–H groups in total. The number of hydrogen-bond acceptors (Lipinski definition) is 4. The minimum atomic E-state index is -0.0314. The van der Waals surface area contributed by atoms with E-state index >= 15 is 0 Å². The number of thioether (sulfide) groups is 1. The minimum Gasteiger partial charge on any atom is -0.384 e. The first-order valence-corrected chi connectivity index (χ1v) is 7.39. The number of rotatable bonds is 5. The minimum absolute atomic E-state index is 0.0314. The lowest BCUT2D eigenvalue weighted by atomic mass is 10.1. The molecule has 0 bridgehead atoms. The average Bonchev–Trinajstić information content (AvgIpc) is 2.47. The van der Waals surface area contributed by atoms with Crippen molar-refractivity contribution in [3.63, 3.8) is 0 Å². The molecule has 1 amide bonds. The highest BCUT2D eigenvalue weighted by molar-refractivity contribution is 8.00. The van der Waals surface area contributed by atoms with Gasteiger partial charge in [0.25, 0.3) is 0 Å². The van der Waals surface area contributed by atoms with Gasteiger partial charge in [0, 0.05) is 16.8 Å². The monoisotopic (exact) mass is 287 g/mol. The molecule has 1 aromatic carbocycles. The summed E-state index contributed by atoms with van der Waals surface area (Å²) in [6, 6.07) is 11.5. The molecular weight excluding hydrogens is 270 g/mol. The van der Waals surface area contributed by atoms with Crippen LogP contribution in [0.15, 0.2) is 47.5 Å². The lowest BCUT2D eigenvalue weighted by Crippen LogP contribution is -2.13. The van der Waals surface area contributed by atoms with E-state index in [1.165, 1.54) is 17.3 Å². The molecule has 0 spiro atoms. The second-order valence-electron chi connectivity index (χ2n) is 4.31. The summed E-state index contributed by atoms with van der Waals surface area (Å²) < 4.78 is 0. The predicted octanol–water partition coefficient (Wildman–Crippen LogP) is 2.96. The summed E-state index contributed by atoms with van der Waals surface area (Å²) in [6.45, 7) is 2.10. The third-order valence-electron chi connectivity index (χ3n) is 2.78. The Kier molecular flexibility index (Phi) is 5.01. The second kappa shape index (κ2) is 6.96. The van der Waals surface area contributed by atoms with Crippen molar-refractivity contribution in [3.05, 3.63) is 48.2 Å². The molecule has 0 aliphatic rings. The van der Waals surface area contributed by atoms with E-state index in [9.17, 15) is 4.79 Å². The number of carbonyl (C=O) groups excluding carboxylic acids is 1. The van der Waals surface area contributed by atoms with Crippen LogP contribution in [0.25, 0.3) is 0 Å². The van der Waals surface area contributed by atoms with E-state index in [4.69, 9.17) is 5.73 Å². The molecule has 1 heterocycles. The van der Waals surface area contributed by atoms with Crippen LogP contribution < -0.4 is 11.1 Å². The van der Waals surface area contributed by atoms with E-state index in [0.717, 1.165) is 17.0 Å². The summed E-state index contributed by atoms with van der Waals surface area (Å²) in [4.78, 5) is 16.7. The highest BCUT2D eigenvalue weighted by atomic mass is 32.2. The Bertz CT molecular complexity index is 567. The van der Waals surface area contributed by atoms with Crippen molar-refractivity contribution in [2.75, 3.05) is 16.8 Å². The Morgan fingerprint density at radius 3 is 2.60 bits per heavy atom. The van der Waals surface area contributed by atoms with Crippen LogP contribution in [-0.2, 0) is 11.2 Å². The number of carbonyl (C=O) groups is 1. The Balaban J connectivity index is 1.84.